The quantitative estimate of drug-likeness (QED) is 0.390. The second-order valence-corrected chi connectivity index (χ2v) is 7.05. The molecule has 0 aliphatic carbocycles. The second kappa shape index (κ2) is 8.75. The molecule has 0 radical (unpaired) electrons. The topological polar surface area (TPSA) is 9.23 Å². The lowest BCUT2D eigenvalue weighted by atomic mass is 9.88. The lowest BCUT2D eigenvalue weighted by molar-refractivity contribution is 0.317. The highest BCUT2D eigenvalue weighted by atomic mass is 16.5. The Hall–Kier alpha value is -3.06. The number of benzene rings is 3. The zero-order chi connectivity index (χ0) is 20.1. The summed E-state index contributed by atoms with van der Waals surface area (Å²) in [4.78, 5) is 0. The van der Waals surface area contributed by atoms with Crippen molar-refractivity contribution in [3.63, 3.8) is 0 Å². The van der Waals surface area contributed by atoms with Gasteiger partial charge in [0.1, 0.15) is 5.75 Å². The van der Waals surface area contributed by atoms with Gasteiger partial charge in [0.25, 0.3) is 0 Å². The van der Waals surface area contributed by atoms with E-state index in [0.29, 0.717) is 0 Å². The highest BCUT2D eigenvalue weighted by molar-refractivity contribution is 5.99. The monoisotopic (exact) mass is 368 g/mol. The smallest absolute Gasteiger partial charge is 0.119 e. The maximum absolute atomic E-state index is 5.75. The average molecular weight is 369 g/mol. The summed E-state index contributed by atoms with van der Waals surface area (Å²) < 4.78 is 5.75. The Balaban J connectivity index is 1.89. The summed E-state index contributed by atoms with van der Waals surface area (Å²) in [6.07, 6.45) is 3.10. The van der Waals surface area contributed by atoms with Crippen molar-refractivity contribution in [3.05, 3.63) is 102 Å². The summed E-state index contributed by atoms with van der Waals surface area (Å²) in [5.74, 6) is 0.909. The molecule has 0 atom stereocenters. The van der Waals surface area contributed by atoms with E-state index < -0.39 is 0 Å². The molecule has 3 aromatic carbocycles. The molecule has 3 rings (SSSR count). The van der Waals surface area contributed by atoms with Gasteiger partial charge in [-0.15, -0.1) is 0 Å². The number of hydrogen-bond donors (Lipinski definition) is 0. The Bertz CT molecular complexity index is 1050. The molecule has 0 aromatic heterocycles. The van der Waals surface area contributed by atoms with Crippen molar-refractivity contribution in [2.45, 2.75) is 27.2 Å². The molecule has 28 heavy (non-hydrogen) atoms. The number of aryl methyl sites for hydroxylation is 1. The van der Waals surface area contributed by atoms with Crippen molar-refractivity contribution in [1.29, 1.82) is 0 Å². The fourth-order valence-electron chi connectivity index (χ4n) is 3.49. The molecule has 0 amide bonds. The Morgan fingerprint density at radius 2 is 1.68 bits per heavy atom. The fourth-order valence-corrected chi connectivity index (χ4v) is 3.49. The van der Waals surface area contributed by atoms with Gasteiger partial charge in [-0.05, 0) is 82.6 Å². The van der Waals surface area contributed by atoms with Gasteiger partial charge in [0.05, 0.1) is 6.61 Å². The Morgan fingerprint density at radius 3 is 2.36 bits per heavy atom. The third kappa shape index (κ3) is 4.09. The van der Waals surface area contributed by atoms with Gasteiger partial charge < -0.3 is 4.74 Å². The predicted octanol–water partition coefficient (Wildman–Crippen LogP) is 7.61. The number of ether oxygens (including phenoxy) is 1. The molecule has 3 aromatic rings. The molecule has 0 saturated carbocycles. The minimum atomic E-state index is 0.735. The minimum Gasteiger partial charge on any atom is -0.494 e. The largest absolute Gasteiger partial charge is 0.494 e. The normalized spacial score (nSPS) is 11.5. The van der Waals surface area contributed by atoms with E-state index in [2.05, 4.69) is 87.7 Å². The molecule has 0 fully saturated rings. The van der Waals surface area contributed by atoms with E-state index in [-0.39, 0.29) is 0 Å². The number of rotatable bonds is 7. The van der Waals surface area contributed by atoms with Crippen LogP contribution in [0.3, 0.4) is 0 Å². The molecule has 0 spiro atoms. The van der Waals surface area contributed by atoms with Gasteiger partial charge in [0.15, 0.2) is 0 Å². The summed E-state index contributed by atoms with van der Waals surface area (Å²) >= 11 is 0. The molecule has 0 unspecified atom stereocenters. The summed E-state index contributed by atoms with van der Waals surface area (Å²) in [7, 11) is 0. The van der Waals surface area contributed by atoms with Gasteiger partial charge in [-0.2, -0.15) is 0 Å². The molecule has 0 bridgehead atoms. The van der Waals surface area contributed by atoms with Crippen LogP contribution in [-0.2, 0) is 0 Å². The zero-order valence-electron chi connectivity index (χ0n) is 17.1. The van der Waals surface area contributed by atoms with Crippen molar-refractivity contribution < 1.29 is 4.74 Å². The van der Waals surface area contributed by atoms with Crippen LogP contribution in [0.5, 0.6) is 5.75 Å². The van der Waals surface area contributed by atoms with E-state index >= 15 is 0 Å². The van der Waals surface area contributed by atoms with E-state index in [0.717, 1.165) is 52.2 Å². The summed E-state index contributed by atoms with van der Waals surface area (Å²) in [5.41, 5.74) is 6.45. The van der Waals surface area contributed by atoms with Crippen LogP contribution in [0.25, 0.3) is 21.9 Å². The molecule has 0 heterocycles. The van der Waals surface area contributed by atoms with E-state index in [1.54, 1.807) is 0 Å². The fraction of sp³-hybridized carbons (Fsp3) is 0.185. The third-order valence-corrected chi connectivity index (χ3v) is 5.03. The molecule has 0 aliphatic heterocycles. The van der Waals surface area contributed by atoms with Crippen LogP contribution < -0.4 is 4.74 Å². The van der Waals surface area contributed by atoms with Crippen LogP contribution in [0.4, 0.5) is 0 Å². The summed E-state index contributed by atoms with van der Waals surface area (Å²) in [5, 5.41) is 2.45. The van der Waals surface area contributed by atoms with Crippen molar-refractivity contribution in [2.24, 2.45) is 0 Å². The van der Waals surface area contributed by atoms with Crippen LogP contribution in [0.1, 0.15) is 37.0 Å². The lowest BCUT2D eigenvalue weighted by Crippen LogP contribution is -1.98. The first-order valence-corrected chi connectivity index (χ1v) is 9.83. The van der Waals surface area contributed by atoms with Crippen LogP contribution in [0.15, 0.2) is 85.5 Å². The van der Waals surface area contributed by atoms with Gasteiger partial charge in [0, 0.05) is 0 Å². The maximum Gasteiger partial charge on any atom is 0.119 e. The lowest BCUT2D eigenvalue weighted by Gasteiger charge is -2.17. The highest BCUT2D eigenvalue weighted by Gasteiger charge is 2.13. The Morgan fingerprint density at radius 1 is 0.929 bits per heavy atom. The summed E-state index contributed by atoms with van der Waals surface area (Å²) in [6, 6.07) is 21.1. The second-order valence-electron chi connectivity index (χ2n) is 7.05. The molecule has 1 heteroatoms. The molecule has 0 saturated heterocycles. The standard InChI is InChI=1S/C27H28O/c1-6-16-28-25-14-15-27(19(3)17-25)21(5)26(7-2)20(4)23-13-12-22-10-8-9-11-24(22)18-23/h7-15,17-18H,4-6,16H2,1-3H3/b26-7-. The van der Waals surface area contributed by atoms with Crippen LogP contribution in [0, 0.1) is 6.92 Å². The SMILES string of the molecule is C=C(/C(=C/C)C(=C)c1ccc(OCCC)cc1C)c1ccc2ccccc2c1. The number of hydrogen-bond acceptors (Lipinski definition) is 1. The Kier molecular flexibility index (Phi) is 6.16. The molecule has 1 nitrogen and oxygen atoms in total. The first-order valence-electron chi connectivity index (χ1n) is 9.83. The first kappa shape index (κ1) is 19.7. The summed E-state index contributed by atoms with van der Waals surface area (Å²) in [6.45, 7) is 15.8. The van der Waals surface area contributed by atoms with Gasteiger partial charge in [0.2, 0.25) is 0 Å². The zero-order valence-corrected chi connectivity index (χ0v) is 17.1. The van der Waals surface area contributed by atoms with E-state index in [1.807, 2.05) is 13.0 Å². The molecular formula is C27H28O. The Labute approximate surface area is 168 Å². The average Bonchev–Trinajstić information content (AvgIpc) is 2.72. The third-order valence-electron chi connectivity index (χ3n) is 5.03. The maximum atomic E-state index is 5.75. The minimum absolute atomic E-state index is 0.735. The molecular weight excluding hydrogens is 340 g/mol. The van der Waals surface area contributed by atoms with Crippen molar-refractivity contribution in [1.82, 2.24) is 0 Å². The van der Waals surface area contributed by atoms with Gasteiger partial charge in [-0.1, -0.05) is 68.6 Å². The van der Waals surface area contributed by atoms with Gasteiger partial charge in [-0.3, -0.25) is 0 Å². The van der Waals surface area contributed by atoms with Crippen molar-refractivity contribution in [3.8, 4) is 5.75 Å². The molecule has 0 aliphatic rings. The van der Waals surface area contributed by atoms with Crippen LogP contribution >= 0.6 is 0 Å². The number of allylic oxidation sites excluding steroid dienone is 4. The van der Waals surface area contributed by atoms with E-state index in [4.69, 9.17) is 4.74 Å². The van der Waals surface area contributed by atoms with Crippen LogP contribution in [-0.4, -0.2) is 6.61 Å². The number of fused-ring (bicyclic) bond motifs is 1. The molecule has 0 N–H and O–H groups in total. The van der Waals surface area contributed by atoms with Gasteiger partial charge >= 0.3 is 0 Å². The van der Waals surface area contributed by atoms with E-state index in [9.17, 15) is 0 Å². The highest BCUT2D eigenvalue weighted by Crippen LogP contribution is 2.35. The molecule has 142 valence electrons. The van der Waals surface area contributed by atoms with Gasteiger partial charge in [-0.25, -0.2) is 0 Å². The van der Waals surface area contributed by atoms with Crippen molar-refractivity contribution in [2.75, 3.05) is 6.61 Å². The predicted molar refractivity (Wildman–Crippen MR) is 123 cm³/mol. The van der Waals surface area contributed by atoms with E-state index in [1.165, 1.54) is 10.8 Å². The first-order chi connectivity index (χ1) is 13.5. The van der Waals surface area contributed by atoms with Crippen LogP contribution in [0.2, 0.25) is 0 Å². The van der Waals surface area contributed by atoms with Crippen molar-refractivity contribution >= 4 is 21.9 Å².